The average Bonchev–Trinajstić information content (AvgIpc) is 3.30. The molecule has 0 bridgehead atoms. The largest absolute Gasteiger partial charge is 0.354 e. The molecular formula is C20H28N6O. The number of rotatable bonds is 7. The fourth-order valence-corrected chi connectivity index (χ4v) is 3.48. The molecule has 2 aromatic rings. The van der Waals surface area contributed by atoms with Gasteiger partial charge in [-0.15, -0.1) is 5.10 Å². The summed E-state index contributed by atoms with van der Waals surface area (Å²) in [6.07, 6.45) is 4.52. The normalized spacial score (nSPS) is 21.0. The summed E-state index contributed by atoms with van der Waals surface area (Å²) in [5.74, 6) is 0.519. The maximum Gasteiger partial charge on any atom is 0.237 e. The van der Waals surface area contributed by atoms with Crippen molar-refractivity contribution in [2.45, 2.75) is 39.3 Å². The lowest BCUT2D eigenvalue weighted by molar-refractivity contribution is -0.125. The first-order valence-electron chi connectivity index (χ1n) is 9.49. The van der Waals surface area contributed by atoms with E-state index >= 15 is 0 Å². The van der Waals surface area contributed by atoms with Crippen LogP contribution in [0.2, 0.25) is 0 Å². The van der Waals surface area contributed by atoms with Gasteiger partial charge in [0.15, 0.2) is 0 Å². The van der Waals surface area contributed by atoms with Gasteiger partial charge in [0.05, 0.1) is 12.1 Å². The number of carbonyl (C=O) groups is 1. The number of nitrogens with one attached hydrogen (secondary N) is 1. The molecule has 2 heterocycles. The summed E-state index contributed by atoms with van der Waals surface area (Å²) in [6.45, 7) is 8.50. The van der Waals surface area contributed by atoms with Crippen LogP contribution in [0.5, 0.6) is 0 Å². The van der Waals surface area contributed by atoms with Crippen molar-refractivity contribution in [2.24, 2.45) is 5.92 Å². The van der Waals surface area contributed by atoms with E-state index in [1.807, 2.05) is 18.2 Å². The molecule has 2 atom stereocenters. The van der Waals surface area contributed by atoms with Crippen molar-refractivity contribution in [3.8, 4) is 0 Å². The maximum absolute atomic E-state index is 12.8. The predicted octanol–water partition coefficient (Wildman–Crippen LogP) is 2.16. The maximum atomic E-state index is 12.8. The Morgan fingerprint density at radius 2 is 2.11 bits per heavy atom. The predicted molar refractivity (Wildman–Crippen MR) is 105 cm³/mol. The number of nitrogens with zero attached hydrogens (tertiary/aromatic N) is 5. The van der Waals surface area contributed by atoms with E-state index in [1.165, 1.54) is 11.1 Å². The first-order chi connectivity index (χ1) is 13.0. The van der Waals surface area contributed by atoms with Crippen LogP contribution < -0.4 is 5.32 Å². The molecule has 0 aliphatic carbocycles. The molecule has 0 saturated carbocycles. The number of benzene rings is 1. The highest BCUT2D eigenvalue weighted by atomic mass is 16.2. The minimum atomic E-state index is -0.169. The number of aromatic nitrogens is 4. The number of amides is 1. The number of tetrazole rings is 1. The fourth-order valence-electron chi connectivity index (χ4n) is 3.48. The molecule has 1 saturated heterocycles. The third-order valence-electron chi connectivity index (χ3n) is 4.77. The van der Waals surface area contributed by atoms with E-state index in [4.69, 9.17) is 0 Å². The molecule has 144 valence electrons. The summed E-state index contributed by atoms with van der Waals surface area (Å²) in [4.78, 5) is 15.0. The topological polar surface area (TPSA) is 75.9 Å². The molecule has 1 aliphatic rings. The zero-order valence-corrected chi connectivity index (χ0v) is 16.2. The third kappa shape index (κ3) is 5.23. The quantitative estimate of drug-likeness (QED) is 0.810. The van der Waals surface area contributed by atoms with Crippen LogP contribution in [0, 0.1) is 5.92 Å². The van der Waals surface area contributed by atoms with Crippen LogP contribution in [0.1, 0.15) is 38.8 Å². The summed E-state index contributed by atoms with van der Waals surface area (Å²) >= 11 is 0. The van der Waals surface area contributed by atoms with Crippen LogP contribution in [0.4, 0.5) is 0 Å². The van der Waals surface area contributed by atoms with Gasteiger partial charge in [0.25, 0.3) is 0 Å². The summed E-state index contributed by atoms with van der Waals surface area (Å²) in [5.41, 5.74) is 2.40. The van der Waals surface area contributed by atoms with Crippen LogP contribution in [0.25, 0.3) is 6.08 Å². The molecule has 27 heavy (non-hydrogen) atoms. The van der Waals surface area contributed by atoms with E-state index in [0.29, 0.717) is 18.9 Å². The summed E-state index contributed by atoms with van der Waals surface area (Å²) < 4.78 is 1.76. The lowest BCUT2D eigenvalue weighted by atomic mass is 10.1. The van der Waals surface area contributed by atoms with Gasteiger partial charge in [0.2, 0.25) is 5.91 Å². The molecule has 7 nitrogen and oxygen atoms in total. The Balaban J connectivity index is 1.72. The van der Waals surface area contributed by atoms with E-state index in [0.717, 1.165) is 13.1 Å². The standard InChI is InChI=1S/C20H28N6O/c1-15(2)11-21-20(27)19-10-18(26-14-22-23-24-26)13-25(19)12-16(3)9-17-7-5-4-6-8-17/h4-9,14-15,18-19H,10-13H2,1-3H3,(H,21,27)/b16-9+/t18-,19+/m1/s1. The molecule has 1 N–H and O–H groups in total. The highest BCUT2D eigenvalue weighted by Crippen LogP contribution is 2.27. The van der Waals surface area contributed by atoms with Gasteiger partial charge >= 0.3 is 0 Å². The molecule has 1 amide bonds. The molecular weight excluding hydrogens is 340 g/mol. The average molecular weight is 368 g/mol. The second-order valence-corrected chi connectivity index (χ2v) is 7.66. The van der Waals surface area contributed by atoms with Crippen LogP contribution in [0.15, 0.2) is 42.2 Å². The molecule has 0 spiro atoms. The van der Waals surface area contributed by atoms with Crippen LogP contribution in [-0.2, 0) is 4.79 Å². The van der Waals surface area contributed by atoms with E-state index in [9.17, 15) is 4.79 Å². The molecule has 1 fully saturated rings. The summed E-state index contributed by atoms with van der Waals surface area (Å²) in [6, 6.07) is 10.2. The number of hydrogen-bond acceptors (Lipinski definition) is 5. The van der Waals surface area contributed by atoms with Crippen molar-refractivity contribution in [3.63, 3.8) is 0 Å². The molecule has 1 aromatic carbocycles. The van der Waals surface area contributed by atoms with Crippen molar-refractivity contribution in [3.05, 3.63) is 47.8 Å². The lowest BCUT2D eigenvalue weighted by Gasteiger charge is -2.24. The van der Waals surface area contributed by atoms with Gasteiger partial charge in [-0.1, -0.05) is 55.8 Å². The summed E-state index contributed by atoms with van der Waals surface area (Å²) in [5, 5.41) is 14.6. The Kier molecular flexibility index (Phi) is 6.34. The van der Waals surface area contributed by atoms with Crippen molar-refractivity contribution in [1.29, 1.82) is 0 Å². The van der Waals surface area contributed by atoms with Crippen molar-refractivity contribution in [1.82, 2.24) is 30.4 Å². The fraction of sp³-hybridized carbons (Fsp3) is 0.500. The molecule has 0 radical (unpaired) electrons. The number of likely N-dealkylation sites (tertiary alicyclic amines) is 1. The van der Waals surface area contributed by atoms with Gasteiger partial charge in [0, 0.05) is 19.6 Å². The molecule has 1 aromatic heterocycles. The zero-order valence-electron chi connectivity index (χ0n) is 16.2. The third-order valence-corrected chi connectivity index (χ3v) is 4.77. The Bertz CT molecular complexity index is 756. The highest BCUT2D eigenvalue weighted by Gasteiger charge is 2.38. The monoisotopic (exact) mass is 368 g/mol. The first kappa shape index (κ1) is 19.2. The Morgan fingerprint density at radius 1 is 1.33 bits per heavy atom. The number of hydrogen-bond donors (Lipinski definition) is 1. The van der Waals surface area contributed by atoms with Gasteiger partial charge in [-0.2, -0.15) is 0 Å². The van der Waals surface area contributed by atoms with Crippen molar-refractivity contribution < 1.29 is 4.79 Å². The minimum absolute atomic E-state index is 0.0896. The molecule has 7 heteroatoms. The minimum Gasteiger partial charge on any atom is -0.354 e. The Hall–Kier alpha value is -2.54. The van der Waals surface area contributed by atoms with Crippen molar-refractivity contribution in [2.75, 3.05) is 19.6 Å². The molecule has 0 unspecified atom stereocenters. The van der Waals surface area contributed by atoms with E-state index in [2.05, 4.69) is 64.7 Å². The smallest absolute Gasteiger partial charge is 0.237 e. The van der Waals surface area contributed by atoms with Crippen molar-refractivity contribution >= 4 is 12.0 Å². The Morgan fingerprint density at radius 3 is 2.78 bits per heavy atom. The van der Waals surface area contributed by atoms with Gasteiger partial charge in [-0.25, -0.2) is 4.68 Å². The SMILES string of the molecule is C/C(=C\c1ccccc1)CN1C[C@H](n2cnnn2)C[C@H]1C(=O)NCC(C)C. The van der Waals surface area contributed by atoms with Gasteiger partial charge in [-0.05, 0) is 35.3 Å². The van der Waals surface area contributed by atoms with Crippen LogP contribution >= 0.6 is 0 Å². The van der Waals surface area contributed by atoms with E-state index < -0.39 is 0 Å². The lowest BCUT2D eigenvalue weighted by Crippen LogP contribution is -2.44. The van der Waals surface area contributed by atoms with Crippen LogP contribution in [-0.4, -0.2) is 56.7 Å². The number of carbonyl (C=O) groups excluding carboxylic acids is 1. The molecule has 3 rings (SSSR count). The van der Waals surface area contributed by atoms with Gasteiger partial charge < -0.3 is 5.32 Å². The van der Waals surface area contributed by atoms with E-state index in [1.54, 1.807) is 11.0 Å². The van der Waals surface area contributed by atoms with Crippen LogP contribution in [0.3, 0.4) is 0 Å². The molecule has 1 aliphatic heterocycles. The first-order valence-corrected chi connectivity index (χ1v) is 9.49. The van der Waals surface area contributed by atoms with Gasteiger partial charge in [0.1, 0.15) is 6.33 Å². The van der Waals surface area contributed by atoms with Gasteiger partial charge in [-0.3, -0.25) is 9.69 Å². The second kappa shape index (κ2) is 8.90. The zero-order chi connectivity index (χ0) is 19.2. The second-order valence-electron chi connectivity index (χ2n) is 7.66. The Labute approximate surface area is 160 Å². The summed E-state index contributed by atoms with van der Waals surface area (Å²) in [7, 11) is 0. The van der Waals surface area contributed by atoms with E-state index in [-0.39, 0.29) is 18.0 Å². The highest BCUT2D eigenvalue weighted by molar-refractivity contribution is 5.82.